The number of likely N-dealkylation sites (tertiary alicyclic amines) is 1. The Hall–Kier alpha value is -1.88. The van der Waals surface area contributed by atoms with Gasteiger partial charge in [0, 0.05) is 24.7 Å². The molecule has 1 aromatic carbocycles. The molecule has 3 rings (SSSR count). The lowest BCUT2D eigenvalue weighted by atomic mass is 10.1. The summed E-state index contributed by atoms with van der Waals surface area (Å²) in [6.07, 6.45) is 3.27. The molecule has 2 heterocycles. The summed E-state index contributed by atoms with van der Waals surface area (Å²) in [6, 6.07) is 10.9. The summed E-state index contributed by atoms with van der Waals surface area (Å²) in [4.78, 5) is 6.91. The zero-order chi connectivity index (χ0) is 16.1. The predicted octanol–water partition coefficient (Wildman–Crippen LogP) is 3.34. The molecule has 1 atom stereocenters. The van der Waals surface area contributed by atoms with Crippen LogP contribution in [0.4, 0.5) is 5.69 Å². The van der Waals surface area contributed by atoms with E-state index in [1.165, 1.54) is 18.5 Å². The summed E-state index contributed by atoms with van der Waals surface area (Å²) >= 11 is 0. The molecule has 5 nitrogen and oxygen atoms in total. The van der Waals surface area contributed by atoms with E-state index in [-0.39, 0.29) is 0 Å². The third-order valence-corrected chi connectivity index (χ3v) is 4.11. The van der Waals surface area contributed by atoms with Crippen LogP contribution in [-0.2, 0) is 13.0 Å². The van der Waals surface area contributed by atoms with Gasteiger partial charge in [-0.2, -0.15) is 4.98 Å². The molecule has 0 radical (unpaired) electrons. The van der Waals surface area contributed by atoms with E-state index in [4.69, 9.17) is 4.52 Å². The lowest BCUT2D eigenvalue weighted by molar-refractivity contribution is 0.184. The SMILES string of the molecule is CC(C)Cc1noc(CN2CCC[C@H](Nc3ccccc3)C2)n1. The second-order valence-electron chi connectivity index (χ2n) is 6.79. The van der Waals surface area contributed by atoms with E-state index < -0.39 is 0 Å². The molecular weight excluding hydrogens is 288 g/mol. The molecule has 1 N–H and O–H groups in total. The van der Waals surface area contributed by atoms with Crippen LogP contribution in [0.3, 0.4) is 0 Å². The minimum atomic E-state index is 0.476. The Morgan fingerprint density at radius 3 is 2.91 bits per heavy atom. The fourth-order valence-electron chi connectivity index (χ4n) is 3.08. The van der Waals surface area contributed by atoms with E-state index >= 15 is 0 Å². The maximum absolute atomic E-state index is 5.40. The molecule has 0 amide bonds. The van der Waals surface area contributed by atoms with Gasteiger partial charge < -0.3 is 9.84 Å². The lowest BCUT2D eigenvalue weighted by Crippen LogP contribution is -2.41. The van der Waals surface area contributed by atoms with Crippen LogP contribution >= 0.6 is 0 Å². The molecule has 1 fully saturated rings. The van der Waals surface area contributed by atoms with Gasteiger partial charge in [-0.25, -0.2) is 0 Å². The second kappa shape index (κ2) is 7.59. The van der Waals surface area contributed by atoms with Gasteiger partial charge >= 0.3 is 0 Å². The number of piperidine rings is 1. The maximum atomic E-state index is 5.40. The highest BCUT2D eigenvalue weighted by Gasteiger charge is 2.21. The number of nitrogens with one attached hydrogen (secondary N) is 1. The van der Waals surface area contributed by atoms with Crippen molar-refractivity contribution in [3.05, 3.63) is 42.0 Å². The fourth-order valence-corrected chi connectivity index (χ4v) is 3.08. The van der Waals surface area contributed by atoms with Gasteiger partial charge in [0.2, 0.25) is 5.89 Å². The summed E-state index contributed by atoms with van der Waals surface area (Å²) in [7, 11) is 0. The van der Waals surface area contributed by atoms with Crippen molar-refractivity contribution >= 4 is 5.69 Å². The van der Waals surface area contributed by atoms with Crippen LogP contribution in [0.1, 0.15) is 38.4 Å². The van der Waals surface area contributed by atoms with Gasteiger partial charge in [-0.15, -0.1) is 0 Å². The van der Waals surface area contributed by atoms with Crippen molar-refractivity contribution in [2.45, 2.75) is 45.7 Å². The van der Waals surface area contributed by atoms with E-state index in [1.807, 2.05) is 6.07 Å². The van der Waals surface area contributed by atoms with Crippen LogP contribution in [0.2, 0.25) is 0 Å². The van der Waals surface area contributed by atoms with Crippen LogP contribution in [0, 0.1) is 5.92 Å². The average molecular weight is 314 g/mol. The van der Waals surface area contributed by atoms with E-state index in [2.05, 4.69) is 58.5 Å². The minimum absolute atomic E-state index is 0.476. The molecule has 1 saturated heterocycles. The van der Waals surface area contributed by atoms with Gasteiger partial charge in [0.1, 0.15) is 0 Å². The highest BCUT2D eigenvalue weighted by atomic mass is 16.5. The molecule has 1 aliphatic rings. The fraction of sp³-hybridized carbons (Fsp3) is 0.556. The van der Waals surface area contributed by atoms with E-state index in [9.17, 15) is 0 Å². The van der Waals surface area contributed by atoms with Crippen LogP contribution in [0.5, 0.6) is 0 Å². The van der Waals surface area contributed by atoms with E-state index in [1.54, 1.807) is 0 Å². The molecule has 0 unspecified atom stereocenters. The summed E-state index contributed by atoms with van der Waals surface area (Å²) < 4.78 is 5.40. The van der Waals surface area contributed by atoms with E-state index in [0.717, 1.165) is 37.8 Å². The van der Waals surface area contributed by atoms with Gasteiger partial charge in [-0.1, -0.05) is 37.2 Å². The Morgan fingerprint density at radius 1 is 1.30 bits per heavy atom. The van der Waals surface area contributed by atoms with Crippen molar-refractivity contribution < 1.29 is 4.52 Å². The number of anilines is 1. The number of benzene rings is 1. The summed E-state index contributed by atoms with van der Waals surface area (Å²) in [6.45, 7) is 7.19. The topological polar surface area (TPSA) is 54.2 Å². The molecule has 124 valence electrons. The third kappa shape index (κ3) is 4.79. The first-order chi connectivity index (χ1) is 11.2. The Labute approximate surface area is 138 Å². The Balaban J connectivity index is 1.53. The molecule has 0 bridgehead atoms. The average Bonchev–Trinajstić information content (AvgIpc) is 2.95. The first kappa shape index (κ1) is 16.0. The smallest absolute Gasteiger partial charge is 0.240 e. The van der Waals surface area contributed by atoms with Crippen molar-refractivity contribution in [3.63, 3.8) is 0 Å². The van der Waals surface area contributed by atoms with Crippen LogP contribution in [-0.4, -0.2) is 34.2 Å². The molecule has 0 aliphatic carbocycles. The quantitative estimate of drug-likeness (QED) is 0.886. The van der Waals surface area contributed by atoms with Crippen LogP contribution in [0.25, 0.3) is 0 Å². The predicted molar refractivity (Wildman–Crippen MR) is 91.2 cm³/mol. The summed E-state index contributed by atoms with van der Waals surface area (Å²) in [5, 5.41) is 7.70. The monoisotopic (exact) mass is 314 g/mol. The number of para-hydroxylation sites is 1. The van der Waals surface area contributed by atoms with Crippen molar-refractivity contribution in [3.8, 4) is 0 Å². The van der Waals surface area contributed by atoms with E-state index in [0.29, 0.717) is 12.0 Å². The molecule has 5 heteroatoms. The summed E-state index contributed by atoms with van der Waals surface area (Å²) in [5.41, 5.74) is 1.19. The van der Waals surface area contributed by atoms with Gasteiger partial charge in [0.15, 0.2) is 5.82 Å². The first-order valence-corrected chi connectivity index (χ1v) is 8.54. The zero-order valence-corrected chi connectivity index (χ0v) is 14.0. The lowest BCUT2D eigenvalue weighted by Gasteiger charge is -2.32. The number of aromatic nitrogens is 2. The standard InChI is InChI=1S/C18H26N4O/c1-14(2)11-17-20-18(23-21-17)13-22-10-6-9-16(12-22)19-15-7-4-3-5-8-15/h3-5,7-8,14,16,19H,6,9-13H2,1-2H3/t16-/m0/s1. The number of hydrogen-bond donors (Lipinski definition) is 1. The molecule has 0 spiro atoms. The molecule has 2 aromatic rings. The van der Waals surface area contributed by atoms with Gasteiger partial charge in [0.25, 0.3) is 0 Å². The third-order valence-electron chi connectivity index (χ3n) is 4.11. The van der Waals surface area contributed by atoms with Crippen molar-refractivity contribution in [1.82, 2.24) is 15.0 Å². The molecule has 23 heavy (non-hydrogen) atoms. The van der Waals surface area contributed by atoms with Gasteiger partial charge in [-0.05, 0) is 37.4 Å². The van der Waals surface area contributed by atoms with Crippen molar-refractivity contribution in [1.29, 1.82) is 0 Å². The second-order valence-corrected chi connectivity index (χ2v) is 6.79. The number of nitrogens with zero attached hydrogens (tertiary/aromatic N) is 3. The summed E-state index contributed by atoms with van der Waals surface area (Å²) in [5.74, 6) is 2.11. The highest BCUT2D eigenvalue weighted by Crippen LogP contribution is 2.17. The van der Waals surface area contributed by atoms with Gasteiger partial charge in [-0.3, -0.25) is 4.90 Å². The molecular formula is C18H26N4O. The molecule has 1 aliphatic heterocycles. The van der Waals surface area contributed by atoms with Crippen molar-refractivity contribution in [2.24, 2.45) is 5.92 Å². The first-order valence-electron chi connectivity index (χ1n) is 8.54. The molecule has 1 aromatic heterocycles. The van der Waals surface area contributed by atoms with Crippen LogP contribution < -0.4 is 5.32 Å². The minimum Gasteiger partial charge on any atom is -0.381 e. The Bertz CT molecular complexity index is 596. The number of hydrogen-bond acceptors (Lipinski definition) is 5. The largest absolute Gasteiger partial charge is 0.381 e. The maximum Gasteiger partial charge on any atom is 0.240 e. The van der Waals surface area contributed by atoms with Gasteiger partial charge in [0.05, 0.1) is 6.54 Å². The zero-order valence-electron chi connectivity index (χ0n) is 14.0. The Kier molecular flexibility index (Phi) is 5.28. The van der Waals surface area contributed by atoms with Crippen LogP contribution in [0.15, 0.2) is 34.9 Å². The number of rotatable bonds is 6. The normalized spacial score (nSPS) is 19.2. The highest BCUT2D eigenvalue weighted by molar-refractivity contribution is 5.43. The Morgan fingerprint density at radius 2 is 2.13 bits per heavy atom. The van der Waals surface area contributed by atoms with Crippen molar-refractivity contribution in [2.75, 3.05) is 18.4 Å². The molecule has 0 saturated carbocycles.